The minimum Gasteiger partial charge on any atom is -0.394 e. The average Bonchev–Trinajstić information content (AvgIpc) is 3.64. The van der Waals surface area contributed by atoms with Gasteiger partial charge in [0.05, 0.1) is 42.8 Å². The van der Waals surface area contributed by atoms with E-state index in [0.717, 1.165) is 0 Å². The second-order valence-corrected chi connectivity index (χ2v) is 9.31. The number of hydrogen-bond acceptors (Lipinski definition) is 9. The van der Waals surface area contributed by atoms with Crippen LogP contribution in [0.4, 0.5) is 13.2 Å². The Bertz CT molecular complexity index is 1250. The molecule has 200 valence electrons. The summed E-state index contributed by atoms with van der Waals surface area (Å²) in [5.41, 5.74) is 0.301. The minimum atomic E-state index is -1.29. The number of methoxy groups -OCH3 is 1. The first-order valence-corrected chi connectivity index (χ1v) is 11.9. The number of alkyl halides is 1. The lowest BCUT2D eigenvalue weighted by atomic mass is 9.90. The molecule has 7 atom stereocenters. The van der Waals surface area contributed by atoms with E-state index in [1.165, 1.54) is 34.8 Å². The summed E-state index contributed by atoms with van der Waals surface area (Å²) in [6, 6.07) is 0.959. The van der Waals surface area contributed by atoms with Crippen LogP contribution in [0.3, 0.4) is 0 Å². The molecule has 37 heavy (non-hydrogen) atoms. The molecule has 11 nitrogen and oxygen atoms in total. The van der Waals surface area contributed by atoms with Crippen molar-refractivity contribution in [2.75, 3.05) is 26.9 Å². The third-order valence-electron chi connectivity index (χ3n) is 6.65. The fourth-order valence-corrected chi connectivity index (χ4v) is 4.88. The van der Waals surface area contributed by atoms with Crippen molar-refractivity contribution >= 4 is 11.6 Å². The zero-order chi connectivity index (χ0) is 26.3. The summed E-state index contributed by atoms with van der Waals surface area (Å²) in [6.45, 7) is -0.349. The number of hydrogen-bond donors (Lipinski definition) is 2. The van der Waals surface area contributed by atoms with E-state index in [-0.39, 0.29) is 35.9 Å². The lowest BCUT2D eigenvalue weighted by molar-refractivity contribution is -0.212. The van der Waals surface area contributed by atoms with Gasteiger partial charge in [-0.05, 0) is 12.1 Å². The topological polar surface area (TPSA) is 130 Å². The second-order valence-electron chi connectivity index (χ2n) is 8.90. The van der Waals surface area contributed by atoms with Crippen LogP contribution in [0.25, 0.3) is 11.3 Å². The predicted octanol–water partition coefficient (Wildman–Crippen LogP) is 1.30. The Balaban J connectivity index is 1.42. The van der Waals surface area contributed by atoms with Gasteiger partial charge in [0.25, 0.3) is 0 Å². The van der Waals surface area contributed by atoms with E-state index in [1.54, 1.807) is 6.20 Å². The molecule has 15 heteroatoms. The van der Waals surface area contributed by atoms with E-state index in [9.17, 15) is 23.4 Å². The molecule has 0 radical (unpaired) electrons. The van der Waals surface area contributed by atoms with Gasteiger partial charge in [0, 0.05) is 25.3 Å². The highest BCUT2D eigenvalue weighted by Gasteiger charge is 2.47. The molecule has 2 aliphatic heterocycles. The SMILES string of the molecule is CO[C@@H]1[C@@H](n2cc(-c3ccc(Cl)c(F)c3F)nn2)[C@@H](O)[C@@H](CO)O[C@@H]1Cc1cn([C@@H]2COC[C@@H]2F)nn1. The third-order valence-corrected chi connectivity index (χ3v) is 6.95. The van der Waals surface area contributed by atoms with Crippen LogP contribution in [0.2, 0.25) is 5.02 Å². The summed E-state index contributed by atoms with van der Waals surface area (Å²) >= 11 is 5.64. The molecule has 2 aliphatic rings. The molecular formula is C22H24ClF3N6O5. The monoisotopic (exact) mass is 544 g/mol. The fourth-order valence-electron chi connectivity index (χ4n) is 4.73. The molecule has 3 aromatic rings. The molecule has 1 aromatic carbocycles. The van der Waals surface area contributed by atoms with E-state index in [2.05, 4.69) is 20.6 Å². The van der Waals surface area contributed by atoms with Crippen LogP contribution < -0.4 is 0 Å². The quantitative estimate of drug-likeness (QED) is 0.423. The summed E-state index contributed by atoms with van der Waals surface area (Å²) in [4.78, 5) is 0. The van der Waals surface area contributed by atoms with E-state index in [1.807, 2.05) is 0 Å². The highest BCUT2D eigenvalue weighted by atomic mass is 35.5. The van der Waals surface area contributed by atoms with Gasteiger partial charge in [-0.15, -0.1) is 10.2 Å². The molecule has 2 aromatic heterocycles. The number of aliphatic hydroxyl groups is 2. The number of benzene rings is 1. The molecular weight excluding hydrogens is 521 g/mol. The first-order valence-electron chi connectivity index (χ1n) is 11.5. The molecule has 2 fully saturated rings. The van der Waals surface area contributed by atoms with Crippen LogP contribution in [-0.2, 0) is 20.6 Å². The van der Waals surface area contributed by atoms with Crippen LogP contribution in [0.15, 0.2) is 24.5 Å². The highest BCUT2D eigenvalue weighted by molar-refractivity contribution is 6.30. The van der Waals surface area contributed by atoms with Crippen LogP contribution >= 0.6 is 11.6 Å². The van der Waals surface area contributed by atoms with Gasteiger partial charge in [-0.3, -0.25) is 0 Å². The maximum absolute atomic E-state index is 14.5. The molecule has 2 N–H and O–H groups in total. The molecule has 4 heterocycles. The Kier molecular flexibility index (Phi) is 7.47. The van der Waals surface area contributed by atoms with Crippen LogP contribution in [-0.4, -0.2) is 97.7 Å². The van der Waals surface area contributed by atoms with Gasteiger partial charge in [-0.1, -0.05) is 22.0 Å². The number of halogens is 4. The first kappa shape index (κ1) is 26.0. The number of rotatable bonds is 7. The van der Waals surface area contributed by atoms with Crippen LogP contribution in [0, 0.1) is 11.6 Å². The van der Waals surface area contributed by atoms with Crippen molar-refractivity contribution in [3.05, 3.63) is 46.9 Å². The Morgan fingerprint density at radius 1 is 1.11 bits per heavy atom. The normalized spacial score (nSPS) is 30.2. The molecule has 2 saturated heterocycles. The number of aliphatic hydroxyl groups excluding tert-OH is 2. The van der Waals surface area contributed by atoms with E-state index >= 15 is 0 Å². The third kappa shape index (κ3) is 4.84. The number of nitrogens with zero attached hydrogens (tertiary/aromatic N) is 6. The van der Waals surface area contributed by atoms with Crippen molar-refractivity contribution in [1.82, 2.24) is 30.0 Å². The second kappa shape index (κ2) is 10.6. The fraction of sp³-hybridized carbons (Fsp3) is 0.545. The van der Waals surface area contributed by atoms with Crippen molar-refractivity contribution in [2.24, 2.45) is 0 Å². The molecule has 0 aliphatic carbocycles. The smallest absolute Gasteiger partial charge is 0.178 e. The van der Waals surface area contributed by atoms with E-state index < -0.39 is 60.9 Å². The number of aromatic nitrogens is 6. The summed E-state index contributed by atoms with van der Waals surface area (Å²) < 4.78 is 61.9. The molecule has 0 amide bonds. The number of ether oxygens (including phenoxy) is 3. The molecule has 0 spiro atoms. The largest absolute Gasteiger partial charge is 0.394 e. The van der Waals surface area contributed by atoms with Crippen molar-refractivity contribution < 1.29 is 37.6 Å². The van der Waals surface area contributed by atoms with Crippen molar-refractivity contribution in [3.63, 3.8) is 0 Å². The molecule has 0 unspecified atom stereocenters. The summed E-state index contributed by atoms with van der Waals surface area (Å²) in [6.07, 6.45) is -2.00. The zero-order valence-electron chi connectivity index (χ0n) is 19.5. The summed E-state index contributed by atoms with van der Waals surface area (Å²) in [7, 11) is 1.41. The van der Waals surface area contributed by atoms with Crippen LogP contribution in [0.1, 0.15) is 17.8 Å². The standard InChI is InChI=1S/C22H24ClF3N6O5/c1-35-22-16(4-10-5-31(29-27-10)15-9-36-8-13(15)24)37-17(7-33)21(34)20(22)32-6-14(28-30-32)11-2-3-12(23)19(26)18(11)25/h2-3,5-6,13,15-17,20-22,33-34H,4,7-9H2,1H3/t13-,15+,16+,17+,20-,21-,22-/m0/s1. The van der Waals surface area contributed by atoms with Gasteiger partial charge in [0.15, 0.2) is 11.6 Å². The molecule has 0 bridgehead atoms. The highest BCUT2D eigenvalue weighted by Crippen LogP contribution is 2.35. The van der Waals surface area contributed by atoms with Crippen molar-refractivity contribution in [1.29, 1.82) is 0 Å². The summed E-state index contributed by atoms with van der Waals surface area (Å²) in [5, 5.41) is 36.5. The van der Waals surface area contributed by atoms with E-state index in [4.69, 9.17) is 25.8 Å². The minimum absolute atomic E-state index is 0.00112. The Morgan fingerprint density at radius 3 is 2.59 bits per heavy atom. The zero-order valence-corrected chi connectivity index (χ0v) is 20.2. The van der Waals surface area contributed by atoms with Crippen molar-refractivity contribution in [3.8, 4) is 11.3 Å². The van der Waals surface area contributed by atoms with Gasteiger partial charge in [-0.2, -0.15) is 0 Å². The Labute approximate surface area is 213 Å². The summed E-state index contributed by atoms with van der Waals surface area (Å²) in [5.74, 6) is -2.40. The Hall–Kier alpha value is -2.62. The lowest BCUT2D eigenvalue weighted by Crippen LogP contribution is -2.57. The first-order chi connectivity index (χ1) is 17.8. The van der Waals surface area contributed by atoms with Gasteiger partial charge in [0.1, 0.15) is 42.3 Å². The van der Waals surface area contributed by atoms with E-state index in [0.29, 0.717) is 5.69 Å². The maximum atomic E-state index is 14.5. The average molecular weight is 545 g/mol. The molecule has 5 rings (SSSR count). The molecule has 0 saturated carbocycles. The van der Waals surface area contributed by atoms with Gasteiger partial charge in [-0.25, -0.2) is 22.5 Å². The van der Waals surface area contributed by atoms with Gasteiger partial charge < -0.3 is 24.4 Å². The Morgan fingerprint density at radius 2 is 1.89 bits per heavy atom. The lowest BCUT2D eigenvalue weighted by Gasteiger charge is -2.43. The predicted molar refractivity (Wildman–Crippen MR) is 120 cm³/mol. The van der Waals surface area contributed by atoms with Crippen LogP contribution in [0.5, 0.6) is 0 Å². The van der Waals surface area contributed by atoms with Gasteiger partial charge >= 0.3 is 0 Å². The maximum Gasteiger partial charge on any atom is 0.178 e. The van der Waals surface area contributed by atoms with Crippen molar-refractivity contribution in [2.45, 2.75) is 49.1 Å². The van der Waals surface area contributed by atoms with Gasteiger partial charge in [0.2, 0.25) is 0 Å².